The van der Waals surface area contributed by atoms with E-state index in [1.165, 1.54) is 16.9 Å². The van der Waals surface area contributed by atoms with E-state index >= 15 is 0 Å². The van der Waals surface area contributed by atoms with Crippen molar-refractivity contribution in [2.45, 2.75) is 6.42 Å². The highest BCUT2D eigenvalue weighted by Gasteiger charge is 2.00. The van der Waals surface area contributed by atoms with Crippen LogP contribution in [-0.2, 0) is 0 Å². The molecular formula is C12H13ClN2S. The second-order valence-corrected chi connectivity index (χ2v) is 5.10. The number of nitrogens with zero attached hydrogens (tertiary/aromatic N) is 1. The Kier molecular flexibility index (Phi) is 3.93. The fourth-order valence-corrected chi connectivity index (χ4v) is 2.54. The molecule has 84 valence electrons. The van der Waals surface area contributed by atoms with Crippen molar-refractivity contribution in [3.8, 4) is 0 Å². The van der Waals surface area contributed by atoms with Gasteiger partial charge >= 0.3 is 0 Å². The summed E-state index contributed by atoms with van der Waals surface area (Å²) in [6.45, 7) is 1.01. The Morgan fingerprint density at radius 3 is 3.19 bits per heavy atom. The van der Waals surface area contributed by atoms with Crippen LogP contribution in [0.3, 0.4) is 0 Å². The lowest BCUT2D eigenvalue weighted by Gasteiger charge is -1.94. The molecule has 1 heterocycles. The summed E-state index contributed by atoms with van der Waals surface area (Å²) >= 11 is 7.38. The van der Waals surface area contributed by atoms with Gasteiger partial charge in [0.05, 0.1) is 10.2 Å². The predicted molar refractivity (Wildman–Crippen MR) is 72.2 cm³/mol. The minimum absolute atomic E-state index is 0.603. The van der Waals surface area contributed by atoms with Crippen LogP contribution in [-0.4, -0.2) is 18.6 Å². The molecule has 2 aromatic rings. The van der Waals surface area contributed by atoms with Crippen LogP contribution in [0, 0.1) is 0 Å². The minimum Gasteiger partial charge on any atom is -0.319 e. The molecule has 0 aliphatic heterocycles. The molecule has 0 spiro atoms. The first-order valence-corrected chi connectivity index (χ1v) is 6.36. The number of hydrogen-bond acceptors (Lipinski definition) is 3. The molecule has 0 fully saturated rings. The number of hydrogen-bond donors (Lipinski definition) is 1. The van der Waals surface area contributed by atoms with Crippen molar-refractivity contribution in [3.63, 3.8) is 0 Å². The van der Waals surface area contributed by atoms with Crippen LogP contribution in [0.1, 0.15) is 12.0 Å². The van der Waals surface area contributed by atoms with E-state index in [9.17, 15) is 0 Å². The monoisotopic (exact) mass is 252 g/mol. The molecule has 0 aliphatic carbocycles. The number of nitrogens with one attached hydrogen (secondary N) is 1. The van der Waals surface area contributed by atoms with Crippen molar-refractivity contribution in [2.75, 3.05) is 13.6 Å². The summed E-state index contributed by atoms with van der Waals surface area (Å²) in [4.78, 5) is 4.21. The number of thiazole rings is 1. The Morgan fingerprint density at radius 1 is 1.50 bits per heavy atom. The van der Waals surface area contributed by atoms with Crippen LogP contribution in [0.15, 0.2) is 24.3 Å². The van der Waals surface area contributed by atoms with Gasteiger partial charge in [-0.1, -0.05) is 29.8 Å². The number of aromatic nitrogens is 1. The van der Waals surface area contributed by atoms with E-state index in [-0.39, 0.29) is 0 Å². The fraction of sp³-hybridized carbons (Fsp3) is 0.250. The molecule has 16 heavy (non-hydrogen) atoms. The van der Waals surface area contributed by atoms with Crippen molar-refractivity contribution in [3.05, 3.63) is 34.3 Å². The zero-order valence-electron chi connectivity index (χ0n) is 9.03. The summed E-state index contributed by atoms with van der Waals surface area (Å²) in [6.07, 6.45) is 5.34. The van der Waals surface area contributed by atoms with Crippen LogP contribution in [0.25, 0.3) is 16.3 Å². The van der Waals surface area contributed by atoms with Gasteiger partial charge in [-0.3, -0.25) is 0 Å². The summed E-state index contributed by atoms with van der Waals surface area (Å²) in [7, 11) is 1.96. The van der Waals surface area contributed by atoms with Crippen molar-refractivity contribution in [1.29, 1.82) is 0 Å². The van der Waals surface area contributed by atoms with Crippen LogP contribution in [0.2, 0.25) is 4.47 Å². The summed E-state index contributed by atoms with van der Waals surface area (Å²) in [6, 6.07) is 6.19. The van der Waals surface area contributed by atoms with Crippen molar-refractivity contribution >= 4 is 39.2 Å². The fourth-order valence-electron chi connectivity index (χ4n) is 1.46. The van der Waals surface area contributed by atoms with Gasteiger partial charge in [0.15, 0.2) is 4.47 Å². The molecular weight excluding hydrogens is 240 g/mol. The van der Waals surface area contributed by atoms with E-state index in [4.69, 9.17) is 11.6 Å². The average molecular weight is 253 g/mol. The van der Waals surface area contributed by atoms with Gasteiger partial charge < -0.3 is 5.32 Å². The van der Waals surface area contributed by atoms with Crippen LogP contribution < -0.4 is 5.32 Å². The smallest absolute Gasteiger partial charge is 0.184 e. The van der Waals surface area contributed by atoms with E-state index in [0.29, 0.717) is 4.47 Å². The second kappa shape index (κ2) is 5.43. The van der Waals surface area contributed by atoms with Crippen LogP contribution in [0.4, 0.5) is 0 Å². The number of benzene rings is 1. The Hall–Kier alpha value is -0.900. The largest absolute Gasteiger partial charge is 0.319 e. The lowest BCUT2D eigenvalue weighted by atomic mass is 10.2. The molecule has 0 saturated heterocycles. The van der Waals surface area contributed by atoms with Crippen LogP contribution >= 0.6 is 22.9 Å². The van der Waals surface area contributed by atoms with Gasteiger partial charge in [-0.2, -0.15) is 0 Å². The molecule has 0 aliphatic rings. The van der Waals surface area contributed by atoms with Crippen molar-refractivity contribution in [2.24, 2.45) is 0 Å². The normalized spacial score (nSPS) is 11.6. The number of rotatable bonds is 4. The van der Waals surface area contributed by atoms with Gasteiger partial charge in [-0.15, -0.1) is 11.3 Å². The van der Waals surface area contributed by atoms with E-state index in [2.05, 4.69) is 34.6 Å². The Labute approximate surface area is 104 Å². The topological polar surface area (TPSA) is 24.9 Å². The summed E-state index contributed by atoms with van der Waals surface area (Å²) < 4.78 is 1.74. The molecule has 4 heteroatoms. The van der Waals surface area contributed by atoms with E-state index in [1.54, 1.807) is 0 Å². The minimum atomic E-state index is 0.603. The molecule has 1 N–H and O–H groups in total. The maximum atomic E-state index is 5.86. The molecule has 0 unspecified atom stereocenters. The zero-order chi connectivity index (χ0) is 11.4. The molecule has 2 nitrogen and oxygen atoms in total. The SMILES string of the molecule is CNCCC=Cc1ccc2nc(Cl)sc2c1. The highest BCUT2D eigenvalue weighted by atomic mass is 35.5. The Bertz CT molecular complexity index is 505. The Morgan fingerprint density at radius 2 is 2.38 bits per heavy atom. The quantitative estimate of drug-likeness (QED) is 0.842. The Balaban J connectivity index is 2.15. The predicted octanol–water partition coefficient (Wildman–Crippen LogP) is 3.57. The molecule has 0 amide bonds. The van der Waals surface area contributed by atoms with Crippen LogP contribution in [0.5, 0.6) is 0 Å². The molecule has 1 aromatic heterocycles. The molecule has 1 aromatic carbocycles. The molecule has 0 saturated carbocycles. The first-order valence-electron chi connectivity index (χ1n) is 5.17. The third kappa shape index (κ3) is 2.82. The maximum absolute atomic E-state index is 5.86. The van der Waals surface area contributed by atoms with E-state index < -0.39 is 0 Å². The zero-order valence-corrected chi connectivity index (χ0v) is 10.6. The summed E-state index contributed by atoms with van der Waals surface area (Å²) in [5.74, 6) is 0. The van der Waals surface area contributed by atoms with Gasteiger partial charge in [0.2, 0.25) is 0 Å². The van der Waals surface area contributed by atoms with Gasteiger partial charge in [0.1, 0.15) is 0 Å². The first kappa shape index (κ1) is 11.6. The summed E-state index contributed by atoms with van der Waals surface area (Å²) in [5, 5.41) is 3.11. The van der Waals surface area contributed by atoms with Gasteiger partial charge in [-0.25, -0.2) is 4.98 Å². The first-order chi connectivity index (χ1) is 7.79. The molecule has 2 rings (SSSR count). The van der Waals surface area contributed by atoms with E-state index in [1.807, 2.05) is 13.1 Å². The highest BCUT2D eigenvalue weighted by molar-refractivity contribution is 7.22. The van der Waals surface area contributed by atoms with Gasteiger partial charge in [0, 0.05) is 0 Å². The van der Waals surface area contributed by atoms with Gasteiger partial charge in [-0.05, 0) is 37.7 Å². The highest BCUT2D eigenvalue weighted by Crippen LogP contribution is 2.26. The van der Waals surface area contributed by atoms with Gasteiger partial charge in [0.25, 0.3) is 0 Å². The maximum Gasteiger partial charge on any atom is 0.184 e. The number of halogens is 1. The second-order valence-electron chi connectivity index (χ2n) is 3.49. The third-order valence-electron chi connectivity index (χ3n) is 2.26. The molecule has 0 bridgehead atoms. The lowest BCUT2D eigenvalue weighted by molar-refractivity contribution is 0.809. The molecule has 0 radical (unpaired) electrons. The average Bonchev–Trinajstić information content (AvgIpc) is 2.64. The van der Waals surface area contributed by atoms with Crippen molar-refractivity contribution < 1.29 is 0 Å². The third-order valence-corrected chi connectivity index (χ3v) is 3.38. The molecule has 0 atom stereocenters. The summed E-state index contributed by atoms with van der Waals surface area (Å²) in [5.41, 5.74) is 2.17. The van der Waals surface area contributed by atoms with Crippen molar-refractivity contribution in [1.82, 2.24) is 10.3 Å². The number of fused-ring (bicyclic) bond motifs is 1. The standard InChI is InChI=1S/C12H13ClN2S/c1-14-7-3-2-4-9-5-6-10-11(8-9)16-12(13)15-10/h2,4-6,8,14H,3,7H2,1H3. The lowest BCUT2D eigenvalue weighted by Crippen LogP contribution is -2.05. The van der Waals surface area contributed by atoms with E-state index in [0.717, 1.165) is 23.2 Å².